The van der Waals surface area contributed by atoms with Crippen molar-refractivity contribution in [2.45, 2.75) is 45.3 Å². The van der Waals surface area contributed by atoms with E-state index in [0.29, 0.717) is 6.54 Å². The van der Waals surface area contributed by atoms with Crippen molar-refractivity contribution in [2.24, 2.45) is 0 Å². The predicted molar refractivity (Wildman–Crippen MR) is 96.0 cm³/mol. The Morgan fingerprint density at radius 3 is 2.96 bits per heavy atom. The van der Waals surface area contributed by atoms with Crippen LogP contribution < -0.4 is 0 Å². The molecule has 3 heterocycles. The van der Waals surface area contributed by atoms with Crippen LogP contribution in [-0.2, 0) is 17.9 Å². The third-order valence-electron chi connectivity index (χ3n) is 5.04. The van der Waals surface area contributed by atoms with Crippen LogP contribution in [-0.4, -0.2) is 42.7 Å². The molecule has 1 amide bonds. The normalized spacial score (nSPS) is 18.0. The first-order valence-corrected chi connectivity index (χ1v) is 8.91. The number of benzene rings is 1. The maximum absolute atomic E-state index is 13.0. The molecule has 1 fully saturated rings. The average Bonchev–Trinajstić information content (AvgIpc) is 3.24. The topological polar surface area (TPSA) is 56.0 Å². The molecule has 0 aliphatic carbocycles. The summed E-state index contributed by atoms with van der Waals surface area (Å²) in [6, 6.07) is 10.1. The third-order valence-corrected chi connectivity index (χ3v) is 5.04. The molecular formula is C19H23N5O. The molecule has 1 saturated heterocycles. The number of rotatable bonds is 4. The Morgan fingerprint density at radius 1 is 1.24 bits per heavy atom. The summed E-state index contributed by atoms with van der Waals surface area (Å²) < 4.78 is 3.95. The second-order valence-corrected chi connectivity index (χ2v) is 6.70. The van der Waals surface area contributed by atoms with E-state index < -0.39 is 0 Å². The summed E-state index contributed by atoms with van der Waals surface area (Å²) in [5.74, 6) is 1.05. The zero-order valence-electron chi connectivity index (χ0n) is 14.5. The van der Waals surface area contributed by atoms with Gasteiger partial charge in [-0.05, 0) is 44.4 Å². The van der Waals surface area contributed by atoms with Gasteiger partial charge in [0.05, 0.1) is 23.6 Å². The van der Waals surface area contributed by atoms with Crippen molar-refractivity contribution < 1.29 is 4.79 Å². The van der Waals surface area contributed by atoms with Crippen molar-refractivity contribution in [3.63, 3.8) is 0 Å². The number of hydrogen-bond acceptors (Lipinski definition) is 3. The molecule has 0 N–H and O–H groups in total. The summed E-state index contributed by atoms with van der Waals surface area (Å²) >= 11 is 0. The molecule has 1 aliphatic rings. The first kappa shape index (κ1) is 15.9. The molecule has 0 spiro atoms. The highest BCUT2D eigenvalue weighted by Crippen LogP contribution is 2.21. The SMILES string of the molecule is Cc1nc2ccccc2n1CC(=O)N1CCCC[C@H]1Cn1cccn1. The number of imidazole rings is 1. The minimum absolute atomic E-state index is 0.170. The highest BCUT2D eigenvalue weighted by molar-refractivity contribution is 5.81. The fraction of sp³-hybridized carbons (Fsp3) is 0.421. The highest BCUT2D eigenvalue weighted by atomic mass is 16.2. The van der Waals surface area contributed by atoms with E-state index in [2.05, 4.69) is 10.1 Å². The molecule has 130 valence electrons. The van der Waals surface area contributed by atoms with Gasteiger partial charge in [-0.2, -0.15) is 5.10 Å². The van der Waals surface area contributed by atoms with Gasteiger partial charge in [-0.3, -0.25) is 9.48 Å². The summed E-state index contributed by atoms with van der Waals surface area (Å²) in [5, 5.41) is 4.30. The Labute approximate surface area is 147 Å². The second kappa shape index (κ2) is 6.70. The first-order chi connectivity index (χ1) is 12.2. The van der Waals surface area contributed by atoms with E-state index in [1.807, 2.05) is 57.6 Å². The van der Waals surface area contributed by atoms with Gasteiger partial charge in [0, 0.05) is 18.9 Å². The van der Waals surface area contributed by atoms with E-state index in [-0.39, 0.29) is 11.9 Å². The Bertz CT molecular complexity index is 867. The van der Waals surface area contributed by atoms with E-state index in [4.69, 9.17) is 0 Å². The summed E-state index contributed by atoms with van der Waals surface area (Å²) in [7, 11) is 0. The molecule has 1 aromatic carbocycles. The molecule has 1 aliphatic heterocycles. The number of carbonyl (C=O) groups excluding carboxylic acids is 1. The first-order valence-electron chi connectivity index (χ1n) is 8.91. The molecule has 0 unspecified atom stereocenters. The van der Waals surface area contributed by atoms with E-state index in [1.165, 1.54) is 6.42 Å². The number of amides is 1. The van der Waals surface area contributed by atoms with Crippen LogP contribution in [0, 0.1) is 6.92 Å². The van der Waals surface area contributed by atoms with Crippen molar-refractivity contribution in [3.05, 3.63) is 48.5 Å². The predicted octanol–water partition coefficient (Wildman–Crippen LogP) is 2.62. The molecule has 4 rings (SSSR count). The van der Waals surface area contributed by atoms with Gasteiger partial charge in [0.25, 0.3) is 0 Å². The number of carbonyl (C=O) groups is 1. The molecule has 1 atom stereocenters. The number of aryl methyl sites for hydroxylation is 1. The van der Waals surface area contributed by atoms with Crippen molar-refractivity contribution in [1.82, 2.24) is 24.2 Å². The van der Waals surface area contributed by atoms with E-state index in [1.54, 1.807) is 6.20 Å². The van der Waals surface area contributed by atoms with Gasteiger partial charge >= 0.3 is 0 Å². The fourth-order valence-corrected chi connectivity index (χ4v) is 3.76. The van der Waals surface area contributed by atoms with Crippen LogP contribution in [0.2, 0.25) is 0 Å². The van der Waals surface area contributed by atoms with Gasteiger partial charge in [-0.25, -0.2) is 4.98 Å². The molecule has 3 aromatic rings. The Balaban J connectivity index is 1.55. The maximum Gasteiger partial charge on any atom is 0.242 e. The maximum atomic E-state index is 13.0. The van der Waals surface area contributed by atoms with Gasteiger partial charge in [-0.15, -0.1) is 0 Å². The lowest BCUT2D eigenvalue weighted by Gasteiger charge is -2.36. The minimum atomic E-state index is 0.170. The van der Waals surface area contributed by atoms with E-state index >= 15 is 0 Å². The van der Waals surface area contributed by atoms with Gasteiger partial charge in [-0.1, -0.05) is 12.1 Å². The quantitative estimate of drug-likeness (QED) is 0.735. The van der Waals surface area contributed by atoms with Gasteiger partial charge in [0.2, 0.25) is 5.91 Å². The lowest BCUT2D eigenvalue weighted by molar-refractivity contribution is -0.135. The molecule has 0 saturated carbocycles. The number of fused-ring (bicyclic) bond motifs is 1. The van der Waals surface area contributed by atoms with Crippen LogP contribution in [0.25, 0.3) is 11.0 Å². The van der Waals surface area contributed by atoms with Crippen LogP contribution in [0.5, 0.6) is 0 Å². The monoisotopic (exact) mass is 337 g/mol. The molecular weight excluding hydrogens is 314 g/mol. The number of nitrogens with zero attached hydrogens (tertiary/aromatic N) is 5. The number of hydrogen-bond donors (Lipinski definition) is 0. The molecule has 0 radical (unpaired) electrons. The molecule has 25 heavy (non-hydrogen) atoms. The lowest BCUT2D eigenvalue weighted by Crippen LogP contribution is -2.47. The van der Waals surface area contributed by atoms with Gasteiger partial charge in [0.1, 0.15) is 12.4 Å². The van der Waals surface area contributed by atoms with Crippen LogP contribution in [0.15, 0.2) is 42.7 Å². The van der Waals surface area contributed by atoms with Crippen LogP contribution in [0.3, 0.4) is 0 Å². The van der Waals surface area contributed by atoms with Crippen LogP contribution >= 0.6 is 0 Å². The summed E-state index contributed by atoms with van der Waals surface area (Å²) in [6.45, 7) is 3.91. The number of para-hydroxylation sites is 2. The summed E-state index contributed by atoms with van der Waals surface area (Å²) in [4.78, 5) is 19.7. The van der Waals surface area contributed by atoms with Crippen molar-refractivity contribution in [2.75, 3.05) is 6.54 Å². The molecule has 0 bridgehead atoms. The standard InChI is InChI=1S/C19H23N5O/c1-15-21-17-8-2-3-9-18(17)24(15)14-19(25)23-12-5-4-7-16(23)13-22-11-6-10-20-22/h2-3,6,8-11,16H,4-5,7,12-14H2,1H3/t16-/m0/s1. The van der Waals surface area contributed by atoms with Gasteiger partial charge in [0.15, 0.2) is 0 Å². The molecule has 6 heteroatoms. The summed E-state index contributed by atoms with van der Waals surface area (Å²) in [6.07, 6.45) is 7.03. The second-order valence-electron chi connectivity index (χ2n) is 6.70. The Morgan fingerprint density at radius 2 is 2.12 bits per heavy atom. The highest BCUT2D eigenvalue weighted by Gasteiger charge is 2.27. The number of aromatic nitrogens is 4. The molecule has 6 nitrogen and oxygen atoms in total. The smallest absolute Gasteiger partial charge is 0.242 e. The lowest BCUT2D eigenvalue weighted by atomic mass is 10.0. The van der Waals surface area contributed by atoms with Crippen LogP contribution in [0.1, 0.15) is 25.1 Å². The Hall–Kier alpha value is -2.63. The van der Waals surface area contributed by atoms with Crippen molar-refractivity contribution in [3.8, 4) is 0 Å². The van der Waals surface area contributed by atoms with Crippen molar-refractivity contribution >= 4 is 16.9 Å². The Kier molecular flexibility index (Phi) is 4.26. The fourth-order valence-electron chi connectivity index (χ4n) is 3.76. The minimum Gasteiger partial charge on any atom is -0.336 e. The van der Waals surface area contributed by atoms with E-state index in [0.717, 1.165) is 42.8 Å². The van der Waals surface area contributed by atoms with Crippen LogP contribution in [0.4, 0.5) is 0 Å². The van der Waals surface area contributed by atoms with Crippen molar-refractivity contribution in [1.29, 1.82) is 0 Å². The van der Waals surface area contributed by atoms with Gasteiger partial charge < -0.3 is 9.47 Å². The zero-order valence-corrected chi connectivity index (χ0v) is 14.5. The third kappa shape index (κ3) is 3.16. The van der Waals surface area contributed by atoms with E-state index in [9.17, 15) is 4.79 Å². The largest absolute Gasteiger partial charge is 0.336 e. The average molecular weight is 337 g/mol. The summed E-state index contributed by atoms with van der Waals surface area (Å²) in [5.41, 5.74) is 1.97. The number of piperidine rings is 1. The number of likely N-dealkylation sites (tertiary alicyclic amines) is 1. The zero-order chi connectivity index (χ0) is 17.2. The molecule has 2 aromatic heterocycles.